The van der Waals surface area contributed by atoms with Crippen LogP contribution < -0.4 is 16.0 Å². The molecule has 5 heteroatoms. The number of hydrogen-bond donors (Lipinski definition) is 3. The predicted octanol–water partition coefficient (Wildman–Crippen LogP) is 0.940. The van der Waals surface area contributed by atoms with Crippen LogP contribution in [-0.4, -0.2) is 37.0 Å². The molecule has 114 valence electrons. The van der Waals surface area contributed by atoms with Crippen molar-refractivity contribution in [2.75, 3.05) is 13.1 Å². The molecule has 1 aliphatic carbocycles. The molecule has 20 heavy (non-hydrogen) atoms. The molecule has 1 saturated carbocycles. The molecule has 1 heterocycles. The summed E-state index contributed by atoms with van der Waals surface area (Å²) in [6, 6.07) is -0.230. The van der Waals surface area contributed by atoms with Crippen molar-refractivity contribution >= 4 is 11.8 Å². The minimum atomic E-state index is -0.438. The zero-order chi connectivity index (χ0) is 14.4. The molecule has 0 radical (unpaired) electrons. The highest BCUT2D eigenvalue weighted by Gasteiger charge is 2.23. The van der Waals surface area contributed by atoms with Gasteiger partial charge in [0.15, 0.2) is 0 Å². The Labute approximate surface area is 121 Å². The van der Waals surface area contributed by atoms with E-state index in [0.717, 1.165) is 32.4 Å². The van der Waals surface area contributed by atoms with Crippen molar-refractivity contribution in [3.05, 3.63) is 0 Å². The van der Waals surface area contributed by atoms with Crippen molar-refractivity contribution < 1.29 is 9.59 Å². The van der Waals surface area contributed by atoms with E-state index in [2.05, 4.69) is 16.0 Å². The molecule has 0 aromatic carbocycles. The van der Waals surface area contributed by atoms with Gasteiger partial charge >= 0.3 is 0 Å². The molecule has 0 bridgehead atoms. The van der Waals surface area contributed by atoms with Gasteiger partial charge in [-0.05, 0) is 38.6 Å². The third kappa shape index (κ3) is 4.78. The molecule has 5 nitrogen and oxygen atoms in total. The number of nitrogens with one attached hydrogen (secondary N) is 3. The predicted molar refractivity (Wildman–Crippen MR) is 78.2 cm³/mol. The molecule has 0 aromatic heterocycles. The van der Waals surface area contributed by atoms with Gasteiger partial charge in [-0.1, -0.05) is 19.3 Å². The van der Waals surface area contributed by atoms with Gasteiger partial charge < -0.3 is 16.0 Å². The zero-order valence-corrected chi connectivity index (χ0v) is 12.4. The van der Waals surface area contributed by atoms with Gasteiger partial charge in [-0.2, -0.15) is 0 Å². The maximum atomic E-state index is 12.0. The van der Waals surface area contributed by atoms with Crippen LogP contribution in [0.1, 0.15) is 51.9 Å². The van der Waals surface area contributed by atoms with E-state index < -0.39 is 6.04 Å². The number of rotatable bonds is 5. The van der Waals surface area contributed by atoms with Crippen LogP contribution in [0.4, 0.5) is 0 Å². The van der Waals surface area contributed by atoms with Gasteiger partial charge in [0.05, 0.1) is 0 Å². The molecule has 0 spiro atoms. The van der Waals surface area contributed by atoms with Gasteiger partial charge in [0.2, 0.25) is 11.8 Å². The van der Waals surface area contributed by atoms with Gasteiger partial charge in [-0.15, -0.1) is 0 Å². The molecule has 2 rings (SSSR count). The van der Waals surface area contributed by atoms with Gasteiger partial charge in [-0.25, -0.2) is 0 Å². The van der Waals surface area contributed by atoms with E-state index in [-0.39, 0.29) is 17.9 Å². The summed E-state index contributed by atoms with van der Waals surface area (Å²) in [5.74, 6) is 0.456. The van der Waals surface area contributed by atoms with Crippen LogP contribution in [0.3, 0.4) is 0 Å². The third-order valence-corrected chi connectivity index (χ3v) is 4.38. The monoisotopic (exact) mass is 281 g/mol. The van der Waals surface area contributed by atoms with E-state index in [1.54, 1.807) is 6.92 Å². The topological polar surface area (TPSA) is 70.2 Å². The molecule has 2 unspecified atom stereocenters. The molecular formula is C15H27N3O2. The number of amides is 2. The lowest BCUT2D eigenvalue weighted by Gasteiger charge is -2.22. The van der Waals surface area contributed by atoms with Crippen molar-refractivity contribution in [2.45, 2.75) is 64.0 Å². The molecule has 1 saturated heterocycles. The van der Waals surface area contributed by atoms with E-state index >= 15 is 0 Å². The van der Waals surface area contributed by atoms with Crippen LogP contribution in [-0.2, 0) is 9.59 Å². The summed E-state index contributed by atoms with van der Waals surface area (Å²) in [5.41, 5.74) is 0. The molecule has 2 fully saturated rings. The molecule has 1 aliphatic heterocycles. The summed E-state index contributed by atoms with van der Waals surface area (Å²) in [6.07, 6.45) is 7.62. The Morgan fingerprint density at radius 3 is 2.60 bits per heavy atom. The molecular weight excluding hydrogens is 254 g/mol. The summed E-state index contributed by atoms with van der Waals surface area (Å²) >= 11 is 0. The summed E-state index contributed by atoms with van der Waals surface area (Å²) in [4.78, 5) is 23.9. The Morgan fingerprint density at radius 2 is 1.95 bits per heavy atom. The average molecular weight is 281 g/mol. The lowest BCUT2D eigenvalue weighted by Crippen LogP contribution is -2.48. The van der Waals surface area contributed by atoms with Crippen molar-refractivity contribution in [2.24, 2.45) is 5.92 Å². The van der Waals surface area contributed by atoms with Crippen molar-refractivity contribution in [3.63, 3.8) is 0 Å². The number of carbonyl (C=O) groups is 2. The Morgan fingerprint density at radius 1 is 1.20 bits per heavy atom. The van der Waals surface area contributed by atoms with Crippen molar-refractivity contribution in [3.8, 4) is 0 Å². The summed E-state index contributed by atoms with van der Waals surface area (Å²) < 4.78 is 0. The van der Waals surface area contributed by atoms with Gasteiger partial charge in [0.25, 0.3) is 0 Å². The standard InChI is InChI=1S/C15H27N3O2/c1-11(15(20)18-13-7-8-16-10-13)17-14(19)9-12-5-3-2-4-6-12/h11-13,16H,2-10H2,1H3,(H,17,19)(H,18,20). The second kappa shape index (κ2) is 7.62. The van der Waals surface area contributed by atoms with E-state index in [1.165, 1.54) is 19.3 Å². The van der Waals surface area contributed by atoms with Crippen molar-refractivity contribution in [1.29, 1.82) is 0 Å². The highest BCUT2D eigenvalue weighted by atomic mass is 16.2. The number of hydrogen-bond acceptors (Lipinski definition) is 3. The quantitative estimate of drug-likeness (QED) is 0.702. The summed E-state index contributed by atoms with van der Waals surface area (Å²) in [7, 11) is 0. The highest BCUT2D eigenvalue weighted by molar-refractivity contribution is 5.87. The zero-order valence-electron chi connectivity index (χ0n) is 12.4. The highest BCUT2D eigenvalue weighted by Crippen LogP contribution is 2.26. The third-order valence-electron chi connectivity index (χ3n) is 4.38. The van der Waals surface area contributed by atoms with Crippen LogP contribution in [0.2, 0.25) is 0 Å². The van der Waals surface area contributed by atoms with Gasteiger partial charge in [0, 0.05) is 19.0 Å². The van der Waals surface area contributed by atoms with Crippen LogP contribution >= 0.6 is 0 Å². The van der Waals surface area contributed by atoms with Gasteiger partial charge in [0.1, 0.15) is 6.04 Å². The fraction of sp³-hybridized carbons (Fsp3) is 0.867. The van der Waals surface area contributed by atoms with E-state index in [1.807, 2.05) is 0 Å². The van der Waals surface area contributed by atoms with Crippen LogP contribution in [0, 0.1) is 5.92 Å². The van der Waals surface area contributed by atoms with E-state index in [4.69, 9.17) is 0 Å². The molecule has 2 atom stereocenters. The Balaban J connectivity index is 1.67. The maximum absolute atomic E-state index is 12.0. The van der Waals surface area contributed by atoms with E-state index in [0.29, 0.717) is 12.3 Å². The van der Waals surface area contributed by atoms with Crippen LogP contribution in [0.25, 0.3) is 0 Å². The smallest absolute Gasteiger partial charge is 0.242 e. The second-order valence-corrected chi connectivity index (χ2v) is 6.20. The van der Waals surface area contributed by atoms with Crippen LogP contribution in [0.5, 0.6) is 0 Å². The SMILES string of the molecule is CC(NC(=O)CC1CCCCC1)C(=O)NC1CCNC1. The summed E-state index contributed by atoms with van der Waals surface area (Å²) in [6.45, 7) is 3.54. The van der Waals surface area contributed by atoms with Crippen LogP contribution in [0.15, 0.2) is 0 Å². The minimum absolute atomic E-state index is 0.0177. The Kier molecular flexibility index (Phi) is 5.83. The Bertz CT molecular complexity index is 334. The Hall–Kier alpha value is -1.10. The first-order chi connectivity index (χ1) is 9.65. The largest absolute Gasteiger partial charge is 0.350 e. The normalized spacial score (nSPS) is 25.1. The fourth-order valence-electron chi connectivity index (χ4n) is 3.12. The average Bonchev–Trinajstić information content (AvgIpc) is 2.92. The molecule has 0 aromatic rings. The van der Waals surface area contributed by atoms with Crippen molar-refractivity contribution in [1.82, 2.24) is 16.0 Å². The number of carbonyl (C=O) groups excluding carboxylic acids is 2. The minimum Gasteiger partial charge on any atom is -0.350 e. The molecule has 2 aliphatic rings. The first-order valence-corrected chi connectivity index (χ1v) is 7.95. The van der Waals surface area contributed by atoms with Gasteiger partial charge in [-0.3, -0.25) is 9.59 Å². The maximum Gasteiger partial charge on any atom is 0.242 e. The molecule has 2 amide bonds. The first kappa shape index (κ1) is 15.3. The second-order valence-electron chi connectivity index (χ2n) is 6.20. The lowest BCUT2D eigenvalue weighted by atomic mass is 9.87. The fourth-order valence-corrected chi connectivity index (χ4v) is 3.12. The van der Waals surface area contributed by atoms with E-state index in [9.17, 15) is 9.59 Å². The first-order valence-electron chi connectivity index (χ1n) is 7.95. The lowest BCUT2D eigenvalue weighted by molar-refractivity contribution is -0.129. The summed E-state index contributed by atoms with van der Waals surface area (Å²) in [5, 5.41) is 9.01. The molecule has 3 N–H and O–H groups in total.